The third kappa shape index (κ3) is 4.32. The molecule has 0 spiro atoms. The zero-order valence-electron chi connectivity index (χ0n) is 11.8. The number of hydrogen-bond acceptors (Lipinski definition) is 2. The molecule has 2 aromatic carbocycles. The van der Waals surface area contributed by atoms with Gasteiger partial charge in [-0.05, 0) is 36.8 Å². The average Bonchev–Trinajstić information content (AvgIpc) is 2.48. The zero-order chi connectivity index (χ0) is 14.2. The Morgan fingerprint density at radius 3 is 1.90 bits per heavy atom. The summed E-state index contributed by atoms with van der Waals surface area (Å²) in [4.78, 5) is 0. The van der Waals surface area contributed by atoms with Crippen molar-refractivity contribution in [2.24, 2.45) is 0 Å². The fraction of sp³-hybridized carbons (Fsp3) is 0.111. The Balaban J connectivity index is 2.01. The van der Waals surface area contributed by atoms with E-state index in [1.165, 1.54) is 0 Å². The van der Waals surface area contributed by atoms with Crippen LogP contribution in [0.5, 0.6) is 0 Å². The monoisotopic (exact) mass is 264 g/mol. The van der Waals surface area contributed by atoms with Crippen molar-refractivity contribution in [1.82, 2.24) is 0 Å². The molecule has 2 aromatic rings. The lowest BCUT2D eigenvalue weighted by molar-refractivity contribution is 1.10. The van der Waals surface area contributed by atoms with E-state index in [9.17, 15) is 0 Å². The molecule has 0 fully saturated rings. The van der Waals surface area contributed by atoms with Gasteiger partial charge in [-0.15, -0.1) is 0 Å². The molecule has 2 heteroatoms. The van der Waals surface area contributed by atoms with E-state index in [0.29, 0.717) is 0 Å². The first-order valence-electron chi connectivity index (χ1n) is 6.81. The second-order valence-electron chi connectivity index (χ2n) is 4.53. The number of hydrogen-bond donors (Lipinski definition) is 2. The molecule has 2 rings (SSSR count). The van der Waals surface area contributed by atoms with Crippen molar-refractivity contribution in [3.8, 4) is 0 Å². The summed E-state index contributed by atoms with van der Waals surface area (Å²) < 4.78 is 0. The van der Waals surface area contributed by atoms with Crippen LogP contribution in [0.3, 0.4) is 0 Å². The van der Waals surface area contributed by atoms with Gasteiger partial charge in [-0.3, -0.25) is 0 Å². The van der Waals surface area contributed by atoms with Crippen LogP contribution in [0.15, 0.2) is 84.7 Å². The highest BCUT2D eigenvalue weighted by molar-refractivity contribution is 5.53. The van der Waals surface area contributed by atoms with Gasteiger partial charge >= 0.3 is 0 Å². The van der Waals surface area contributed by atoms with Crippen LogP contribution in [-0.2, 0) is 0 Å². The summed E-state index contributed by atoms with van der Waals surface area (Å²) in [5, 5.41) is 6.69. The predicted octanol–water partition coefficient (Wildman–Crippen LogP) is 5.02. The molecule has 0 unspecified atom stereocenters. The van der Waals surface area contributed by atoms with Crippen LogP contribution in [0, 0.1) is 0 Å². The predicted molar refractivity (Wildman–Crippen MR) is 87.6 cm³/mol. The Bertz CT molecular complexity index is 571. The molecular weight excluding hydrogens is 244 g/mol. The molecule has 20 heavy (non-hydrogen) atoms. The van der Waals surface area contributed by atoms with Crippen LogP contribution in [0.25, 0.3) is 0 Å². The molecule has 0 aliphatic rings. The van der Waals surface area contributed by atoms with Crippen LogP contribution in [-0.4, -0.2) is 0 Å². The number of allylic oxidation sites excluding steroid dienone is 2. The molecule has 0 aliphatic carbocycles. The highest BCUT2D eigenvalue weighted by atomic mass is 14.9. The van der Waals surface area contributed by atoms with E-state index >= 15 is 0 Å². The number of benzene rings is 2. The van der Waals surface area contributed by atoms with Gasteiger partial charge in [-0.25, -0.2) is 0 Å². The molecule has 0 amide bonds. The van der Waals surface area contributed by atoms with Crippen molar-refractivity contribution in [3.63, 3.8) is 0 Å². The van der Waals surface area contributed by atoms with Crippen LogP contribution in [0.1, 0.15) is 13.3 Å². The van der Waals surface area contributed by atoms with Crippen molar-refractivity contribution in [3.05, 3.63) is 84.7 Å². The van der Waals surface area contributed by atoms with Gasteiger partial charge in [0.15, 0.2) is 0 Å². The highest BCUT2D eigenvalue weighted by Gasteiger charge is 1.97. The molecule has 0 aliphatic heterocycles. The lowest BCUT2D eigenvalue weighted by Gasteiger charge is -2.11. The normalized spacial score (nSPS) is 10.9. The summed E-state index contributed by atoms with van der Waals surface area (Å²) in [5.41, 5.74) is 4.14. The third-order valence-electron chi connectivity index (χ3n) is 2.89. The lowest BCUT2D eigenvalue weighted by Crippen LogP contribution is -2.02. The number of rotatable bonds is 6. The Morgan fingerprint density at radius 2 is 1.40 bits per heavy atom. The standard InChI is InChI=1S/C18H20N2/c1-3-16(20-18-12-8-5-9-13-18)14-15(2)19-17-10-6-4-7-11-17/h4-14,19-20H,2-3H2,1H3/b16-14+. The van der Waals surface area contributed by atoms with Gasteiger partial charge in [0, 0.05) is 22.8 Å². The highest BCUT2D eigenvalue weighted by Crippen LogP contribution is 2.14. The van der Waals surface area contributed by atoms with Crippen molar-refractivity contribution < 1.29 is 0 Å². The maximum atomic E-state index is 4.05. The Hall–Kier alpha value is -2.48. The second-order valence-corrected chi connectivity index (χ2v) is 4.53. The summed E-state index contributed by atoms with van der Waals surface area (Å²) in [5.74, 6) is 0. The quantitative estimate of drug-likeness (QED) is 0.716. The summed E-state index contributed by atoms with van der Waals surface area (Å²) in [6.07, 6.45) is 2.96. The van der Waals surface area contributed by atoms with Gasteiger partial charge in [0.25, 0.3) is 0 Å². The molecule has 0 saturated heterocycles. The van der Waals surface area contributed by atoms with Crippen molar-refractivity contribution in [2.75, 3.05) is 10.6 Å². The smallest absolute Gasteiger partial charge is 0.0384 e. The Morgan fingerprint density at radius 1 is 0.900 bits per heavy atom. The minimum absolute atomic E-state index is 0.872. The van der Waals surface area contributed by atoms with Crippen molar-refractivity contribution in [2.45, 2.75) is 13.3 Å². The fourth-order valence-electron chi connectivity index (χ4n) is 1.89. The minimum Gasteiger partial charge on any atom is -0.359 e. The maximum absolute atomic E-state index is 4.05. The van der Waals surface area contributed by atoms with E-state index in [1.807, 2.05) is 54.6 Å². The fourth-order valence-corrected chi connectivity index (χ4v) is 1.89. The minimum atomic E-state index is 0.872. The van der Waals surface area contributed by atoms with Gasteiger partial charge < -0.3 is 10.6 Å². The van der Waals surface area contributed by atoms with E-state index < -0.39 is 0 Å². The zero-order valence-corrected chi connectivity index (χ0v) is 11.8. The van der Waals surface area contributed by atoms with Gasteiger partial charge in [0.05, 0.1) is 0 Å². The summed E-state index contributed by atoms with van der Waals surface area (Å²) in [6, 6.07) is 20.2. The van der Waals surface area contributed by atoms with Gasteiger partial charge in [-0.2, -0.15) is 0 Å². The van der Waals surface area contributed by atoms with E-state index in [1.54, 1.807) is 0 Å². The van der Waals surface area contributed by atoms with Gasteiger partial charge in [0.1, 0.15) is 0 Å². The van der Waals surface area contributed by atoms with E-state index in [0.717, 1.165) is 29.2 Å². The SMILES string of the molecule is C=C(/C=C(\CC)Nc1ccccc1)Nc1ccccc1. The Labute approximate surface area is 120 Å². The van der Waals surface area contributed by atoms with E-state index in [-0.39, 0.29) is 0 Å². The molecule has 0 saturated carbocycles. The van der Waals surface area contributed by atoms with E-state index in [2.05, 4.69) is 36.3 Å². The largest absolute Gasteiger partial charge is 0.359 e. The van der Waals surface area contributed by atoms with Crippen LogP contribution in [0.4, 0.5) is 11.4 Å². The van der Waals surface area contributed by atoms with Crippen LogP contribution >= 0.6 is 0 Å². The topological polar surface area (TPSA) is 24.1 Å². The first-order chi connectivity index (χ1) is 9.78. The molecule has 0 bridgehead atoms. The Kier molecular flexibility index (Phi) is 5.01. The van der Waals surface area contributed by atoms with Gasteiger partial charge in [0.2, 0.25) is 0 Å². The second kappa shape index (κ2) is 7.19. The summed E-state index contributed by atoms with van der Waals surface area (Å²) in [6.45, 7) is 6.17. The van der Waals surface area contributed by atoms with Crippen molar-refractivity contribution in [1.29, 1.82) is 0 Å². The molecule has 0 aromatic heterocycles. The van der Waals surface area contributed by atoms with Gasteiger partial charge in [-0.1, -0.05) is 49.9 Å². The van der Waals surface area contributed by atoms with Crippen molar-refractivity contribution >= 4 is 11.4 Å². The molecule has 2 N–H and O–H groups in total. The first kappa shape index (κ1) is 13.9. The molecule has 0 atom stereocenters. The summed E-state index contributed by atoms with van der Waals surface area (Å²) in [7, 11) is 0. The molecule has 0 radical (unpaired) electrons. The van der Waals surface area contributed by atoms with E-state index in [4.69, 9.17) is 0 Å². The summed E-state index contributed by atoms with van der Waals surface area (Å²) >= 11 is 0. The molecule has 102 valence electrons. The van der Waals surface area contributed by atoms with Crippen LogP contribution < -0.4 is 10.6 Å². The molecule has 0 heterocycles. The lowest BCUT2D eigenvalue weighted by atomic mass is 10.2. The maximum Gasteiger partial charge on any atom is 0.0384 e. The molecule has 2 nitrogen and oxygen atoms in total. The first-order valence-corrected chi connectivity index (χ1v) is 6.81. The average molecular weight is 264 g/mol. The molecular formula is C18H20N2. The third-order valence-corrected chi connectivity index (χ3v) is 2.89. The number of nitrogens with one attached hydrogen (secondary N) is 2. The van der Waals surface area contributed by atoms with Crippen LogP contribution in [0.2, 0.25) is 0 Å². The number of anilines is 2. The number of para-hydroxylation sites is 2.